The van der Waals surface area contributed by atoms with Crippen LogP contribution in [-0.4, -0.2) is 20.1 Å². The quantitative estimate of drug-likeness (QED) is 0.453. The monoisotopic (exact) mass is 173 g/mol. The first kappa shape index (κ1) is 8.26. The Bertz CT molecular complexity index is 183. The fourth-order valence-corrected chi connectivity index (χ4v) is 1.06. The van der Waals surface area contributed by atoms with Crippen LogP contribution in [0.5, 0.6) is 0 Å². The van der Waals surface area contributed by atoms with E-state index in [0.29, 0.717) is 0 Å². The Morgan fingerprint density at radius 2 is 1.88 bits per heavy atom. The third-order valence-electron chi connectivity index (χ3n) is 0.233. The van der Waals surface area contributed by atoms with Crippen LogP contribution in [0.4, 0.5) is 4.79 Å². The molecule has 0 spiro atoms. The van der Waals surface area contributed by atoms with Gasteiger partial charge in [0.15, 0.2) is 14.0 Å². The van der Waals surface area contributed by atoms with Crippen LogP contribution in [-0.2, 0) is 8.90 Å². The SMILES string of the molecule is O=C(Cl)[B]S(=O)(=O)Cl. The average molecular weight is 174 g/mol. The molecular weight excluding hydrogens is 174 g/mol. The van der Waals surface area contributed by atoms with Crippen molar-refractivity contribution < 1.29 is 13.2 Å². The molecular formula is CBCl2O3S. The minimum atomic E-state index is -3.86. The smallest absolute Gasteiger partial charge is 0.293 e. The van der Waals surface area contributed by atoms with Crippen LogP contribution in [0.1, 0.15) is 0 Å². The molecule has 45 valence electrons. The van der Waals surface area contributed by atoms with Crippen LogP contribution in [0.15, 0.2) is 0 Å². The van der Waals surface area contributed by atoms with Crippen LogP contribution in [0.25, 0.3) is 0 Å². The zero-order chi connectivity index (χ0) is 6.78. The first-order valence-electron chi connectivity index (χ1n) is 1.41. The van der Waals surface area contributed by atoms with Crippen molar-refractivity contribution in [2.75, 3.05) is 0 Å². The molecule has 1 radical (unpaired) electrons. The Balaban J connectivity index is 3.95. The Morgan fingerprint density at radius 1 is 1.50 bits per heavy atom. The molecule has 7 heteroatoms. The molecule has 0 atom stereocenters. The third-order valence-corrected chi connectivity index (χ3v) is 1.23. The molecule has 0 aliphatic heterocycles. The van der Waals surface area contributed by atoms with Gasteiger partial charge in [0.25, 0.3) is 0 Å². The molecule has 3 nitrogen and oxygen atoms in total. The van der Waals surface area contributed by atoms with E-state index in [2.05, 4.69) is 22.3 Å². The minimum Gasteiger partial charge on any atom is -0.293 e. The molecule has 0 aromatic rings. The summed E-state index contributed by atoms with van der Waals surface area (Å²) in [5.41, 5.74) is 0. The number of hydrogen-bond acceptors (Lipinski definition) is 3. The van der Waals surface area contributed by atoms with Crippen molar-refractivity contribution >= 4 is 42.9 Å². The summed E-state index contributed by atoms with van der Waals surface area (Å²) in [5, 5.41) is -1.10. The van der Waals surface area contributed by atoms with E-state index >= 15 is 0 Å². The van der Waals surface area contributed by atoms with E-state index in [1.54, 1.807) is 0 Å². The van der Waals surface area contributed by atoms with Gasteiger partial charge >= 0.3 is 6.56 Å². The molecule has 0 fully saturated rings. The third kappa shape index (κ3) is 6.26. The minimum absolute atomic E-state index is 0.218. The second-order valence-corrected chi connectivity index (χ2v) is 3.75. The molecule has 0 amide bonds. The summed E-state index contributed by atoms with van der Waals surface area (Å²) in [6.07, 6.45) is 0. The number of rotatable bonds is 2. The Labute approximate surface area is 56.5 Å². The van der Waals surface area contributed by atoms with Crippen LogP contribution < -0.4 is 0 Å². The standard InChI is InChI=1S/CBCl2O3S/c3-1(5)2-8(4,6)7. The van der Waals surface area contributed by atoms with Gasteiger partial charge in [-0.3, -0.25) is 4.79 Å². The zero-order valence-corrected chi connectivity index (χ0v) is 5.79. The van der Waals surface area contributed by atoms with Gasteiger partial charge in [0.05, 0.1) is 0 Å². The van der Waals surface area contributed by atoms with Gasteiger partial charge in [0, 0.05) is 10.7 Å². The molecule has 0 unspecified atom stereocenters. The molecule has 0 saturated carbocycles. The number of hydrogen-bond donors (Lipinski definition) is 0. The fraction of sp³-hybridized carbons (Fsp3) is 0. The maximum atomic E-state index is 9.85. The predicted molar refractivity (Wildman–Crippen MR) is 31.8 cm³/mol. The summed E-state index contributed by atoms with van der Waals surface area (Å²) >= 11 is 4.60. The summed E-state index contributed by atoms with van der Waals surface area (Å²) in [5.74, 6) is 0. The molecule has 0 saturated heterocycles. The Kier molecular flexibility index (Phi) is 2.80. The van der Waals surface area contributed by atoms with Crippen molar-refractivity contribution in [3.63, 3.8) is 0 Å². The van der Waals surface area contributed by atoms with E-state index in [4.69, 9.17) is 0 Å². The largest absolute Gasteiger partial charge is 0.408 e. The molecule has 0 aromatic heterocycles. The highest BCUT2D eigenvalue weighted by Crippen LogP contribution is 1.95. The van der Waals surface area contributed by atoms with E-state index in [1.165, 1.54) is 0 Å². The molecule has 0 aliphatic rings. The van der Waals surface area contributed by atoms with Crippen molar-refractivity contribution in [2.24, 2.45) is 0 Å². The van der Waals surface area contributed by atoms with Crippen LogP contribution in [0, 0.1) is 0 Å². The first-order valence-corrected chi connectivity index (χ1v) is 4.16. The summed E-state index contributed by atoms with van der Waals surface area (Å²) < 4.78 is 19.7. The maximum absolute atomic E-state index is 9.85. The summed E-state index contributed by atoms with van der Waals surface area (Å²) in [6.45, 7) is 0.218. The van der Waals surface area contributed by atoms with E-state index in [-0.39, 0.29) is 6.56 Å². The molecule has 0 N–H and O–H groups in total. The lowest BCUT2D eigenvalue weighted by molar-refractivity contribution is 0.275. The van der Waals surface area contributed by atoms with Gasteiger partial charge < -0.3 is 0 Å². The van der Waals surface area contributed by atoms with Gasteiger partial charge in [0.2, 0.25) is 0 Å². The van der Waals surface area contributed by atoms with Crippen molar-refractivity contribution in [2.45, 2.75) is 0 Å². The molecule has 0 bridgehead atoms. The lowest BCUT2D eigenvalue weighted by atomic mass is 10.2. The molecule has 8 heavy (non-hydrogen) atoms. The van der Waals surface area contributed by atoms with E-state index in [9.17, 15) is 13.2 Å². The number of carbonyl (C=O) groups excluding carboxylic acids is 1. The van der Waals surface area contributed by atoms with Gasteiger partial charge in [-0.05, 0) is 0 Å². The van der Waals surface area contributed by atoms with E-state index in [1.807, 2.05) is 0 Å². The van der Waals surface area contributed by atoms with Crippen molar-refractivity contribution in [3.8, 4) is 0 Å². The summed E-state index contributed by atoms with van der Waals surface area (Å²) in [4.78, 5) is 9.71. The molecule has 0 aliphatic carbocycles. The predicted octanol–water partition coefficient (Wildman–Crippen LogP) is 0.533. The summed E-state index contributed by atoms with van der Waals surface area (Å²) in [7, 11) is 0.682. The Hall–Kier alpha value is 0.265. The number of halogens is 2. The van der Waals surface area contributed by atoms with Gasteiger partial charge in [-0.15, -0.1) is 0 Å². The normalized spacial score (nSPS) is 10.8. The second-order valence-electron chi connectivity index (χ2n) is 0.898. The fourth-order valence-electron chi connectivity index (χ4n) is 0.111. The maximum Gasteiger partial charge on any atom is 0.408 e. The van der Waals surface area contributed by atoms with Crippen LogP contribution in [0.2, 0.25) is 0 Å². The van der Waals surface area contributed by atoms with Crippen molar-refractivity contribution in [1.29, 1.82) is 0 Å². The lowest BCUT2D eigenvalue weighted by Gasteiger charge is -1.79. The van der Waals surface area contributed by atoms with E-state index < -0.39 is 14.0 Å². The van der Waals surface area contributed by atoms with Gasteiger partial charge in [0.1, 0.15) is 0 Å². The average Bonchev–Trinajstić information content (AvgIpc) is 1.21. The van der Waals surface area contributed by atoms with Gasteiger partial charge in [-0.2, -0.15) is 0 Å². The van der Waals surface area contributed by atoms with Crippen molar-refractivity contribution in [3.05, 3.63) is 0 Å². The zero-order valence-electron chi connectivity index (χ0n) is 3.47. The molecule has 0 aromatic carbocycles. The highest BCUT2D eigenvalue weighted by atomic mass is 35.7. The topological polar surface area (TPSA) is 51.2 Å². The van der Waals surface area contributed by atoms with Gasteiger partial charge in [-0.1, -0.05) is 11.6 Å². The van der Waals surface area contributed by atoms with Crippen LogP contribution >= 0.6 is 22.3 Å². The first-order chi connectivity index (χ1) is 3.42. The molecule has 0 rings (SSSR count). The molecule has 0 heterocycles. The van der Waals surface area contributed by atoms with E-state index in [0.717, 1.165) is 0 Å². The van der Waals surface area contributed by atoms with Crippen molar-refractivity contribution in [1.82, 2.24) is 0 Å². The van der Waals surface area contributed by atoms with Crippen LogP contribution in [0.3, 0.4) is 0 Å². The summed E-state index contributed by atoms with van der Waals surface area (Å²) in [6, 6.07) is 0. The Morgan fingerprint density at radius 3 is 1.88 bits per heavy atom. The van der Waals surface area contributed by atoms with Gasteiger partial charge in [-0.25, -0.2) is 8.42 Å². The highest BCUT2D eigenvalue weighted by molar-refractivity contribution is 8.35. The second kappa shape index (κ2) is 2.71. The highest BCUT2D eigenvalue weighted by Gasteiger charge is 2.14. The lowest BCUT2D eigenvalue weighted by Crippen LogP contribution is -2.07. The number of carbonyl (C=O) groups is 1.